The molecule has 0 atom stereocenters. The first-order valence-electron chi connectivity index (χ1n) is 5.95. The molecule has 0 fully saturated rings. The molecule has 0 aliphatic heterocycles. The molecule has 0 amide bonds. The van der Waals surface area contributed by atoms with Crippen molar-refractivity contribution in [1.29, 1.82) is 0 Å². The minimum atomic E-state index is 0.449. The van der Waals surface area contributed by atoms with Crippen molar-refractivity contribution in [2.75, 3.05) is 7.11 Å². The van der Waals surface area contributed by atoms with Crippen LogP contribution in [0.5, 0.6) is 5.75 Å². The van der Waals surface area contributed by atoms with E-state index in [4.69, 9.17) is 27.9 Å². The smallest absolute Gasteiger partial charge is 0.139 e. The zero-order valence-corrected chi connectivity index (χ0v) is 12.1. The Morgan fingerprint density at radius 1 is 1.05 bits per heavy atom. The molecule has 0 aliphatic rings. The van der Waals surface area contributed by atoms with Crippen LogP contribution in [0.25, 0.3) is 22.3 Å². The third kappa shape index (κ3) is 2.19. The van der Waals surface area contributed by atoms with E-state index in [1.54, 1.807) is 25.4 Å². The van der Waals surface area contributed by atoms with Gasteiger partial charge >= 0.3 is 0 Å². The molecule has 3 nitrogen and oxygen atoms in total. The Kier molecular flexibility index (Phi) is 3.47. The van der Waals surface area contributed by atoms with Crippen molar-refractivity contribution in [3.63, 3.8) is 0 Å². The summed E-state index contributed by atoms with van der Waals surface area (Å²) in [6, 6.07) is 11.0. The maximum atomic E-state index is 6.31. The summed E-state index contributed by atoms with van der Waals surface area (Å²) in [5.74, 6) is 0.570. The van der Waals surface area contributed by atoms with Crippen LogP contribution in [0.2, 0.25) is 10.0 Å². The van der Waals surface area contributed by atoms with E-state index in [0.717, 1.165) is 11.1 Å². The maximum absolute atomic E-state index is 6.31. The second-order valence-electron chi connectivity index (χ2n) is 4.18. The van der Waals surface area contributed by atoms with Crippen molar-refractivity contribution in [1.82, 2.24) is 9.97 Å². The summed E-state index contributed by atoms with van der Waals surface area (Å²) in [6.45, 7) is 0. The quantitative estimate of drug-likeness (QED) is 0.693. The maximum Gasteiger partial charge on any atom is 0.139 e. The van der Waals surface area contributed by atoms with E-state index in [1.807, 2.05) is 24.3 Å². The fraction of sp³-hybridized carbons (Fsp3) is 0.0667. The zero-order valence-electron chi connectivity index (χ0n) is 10.6. The summed E-state index contributed by atoms with van der Waals surface area (Å²) in [4.78, 5) is 8.83. The highest BCUT2D eigenvalue weighted by molar-refractivity contribution is 6.40. The van der Waals surface area contributed by atoms with Crippen LogP contribution in [0.4, 0.5) is 0 Å². The highest BCUT2D eigenvalue weighted by Gasteiger charge is 2.12. The van der Waals surface area contributed by atoms with E-state index >= 15 is 0 Å². The summed E-state index contributed by atoms with van der Waals surface area (Å²) in [5, 5.41) is 1.82. The minimum Gasteiger partial charge on any atom is -0.495 e. The summed E-state index contributed by atoms with van der Waals surface area (Å²) < 4.78 is 5.21. The van der Waals surface area contributed by atoms with Crippen LogP contribution in [0.3, 0.4) is 0 Å². The van der Waals surface area contributed by atoms with E-state index in [-0.39, 0.29) is 0 Å². The van der Waals surface area contributed by atoms with Gasteiger partial charge in [-0.2, -0.15) is 0 Å². The van der Waals surface area contributed by atoms with E-state index in [2.05, 4.69) is 9.97 Å². The van der Waals surface area contributed by atoms with Crippen LogP contribution in [0, 0.1) is 0 Å². The molecule has 0 saturated heterocycles. The van der Waals surface area contributed by atoms with Gasteiger partial charge in [0.2, 0.25) is 0 Å². The number of ether oxygens (including phenoxy) is 1. The second-order valence-corrected chi connectivity index (χ2v) is 4.97. The standard InChI is InChI=1S/C15H10Cl2N2O/c1-20-13-6-5-9-10(16)8-12(19-15(9)14(13)17)11-4-2-3-7-18-11/h2-8H,1H3. The topological polar surface area (TPSA) is 35.0 Å². The third-order valence-electron chi connectivity index (χ3n) is 2.98. The lowest BCUT2D eigenvalue weighted by Gasteiger charge is -2.09. The van der Waals surface area contributed by atoms with Gasteiger partial charge in [-0.1, -0.05) is 29.3 Å². The number of hydrogen-bond donors (Lipinski definition) is 0. The Bertz CT molecular complexity index is 776. The molecule has 2 aromatic heterocycles. The molecule has 0 radical (unpaired) electrons. The van der Waals surface area contributed by atoms with Gasteiger partial charge in [-0.3, -0.25) is 4.98 Å². The summed E-state index contributed by atoms with van der Waals surface area (Å²) in [7, 11) is 1.57. The number of nitrogens with zero attached hydrogens (tertiary/aromatic N) is 2. The van der Waals surface area contributed by atoms with Crippen molar-refractivity contribution < 1.29 is 4.74 Å². The van der Waals surface area contributed by atoms with Crippen molar-refractivity contribution >= 4 is 34.1 Å². The molecular weight excluding hydrogens is 295 g/mol. The van der Waals surface area contributed by atoms with E-state index in [1.165, 1.54) is 0 Å². The summed E-state index contributed by atoms with van der Waals surface area (Å²) in [6.07, 6.45) is 1.71. The normalized spacial score (nSPS) is 10.8. The van der Waals surface area contributed by atoms with E-state index in [9.17, 15) is 0 Å². The molecular formula is C15H10Cl2N2O. The van der Waals surface area contributed by atoms with Crippen molar-refractivity contribution in [3.05, 3.63) is 52.6 Å². The number of methoxy groups -OCH3 is 1. The highest BCUT2D eigenvalue weighted by atomic mass is 35.5. The Hall–Kier alpha value is -1.84. The third-order valence-corrected chi connectivity index (χ3v) is 3.66. The molecule has 0 aliphatic carbocycles. The number of pyridine rings is 2. The Labute approximate surface area is 126 Å². The molecule has 3 rings (SSSR count). The SMILES string of the molecule is COc1ccc2c(Cl)cc(-c3ccccn3)nc2c1Cl. The van der Waals surface area contributed by atoms with Gasteiger partial charge in [0.25, 0.3) is 0 Å². The molecule has 20 heavy (non-hydrogen) atoms. The monoisotopic (exact) mass is 304 g/mol. The fourth-order valence-electron chi connectivity index (χ4n) is 2.00. The van der Waals surface area contributed by atoms with E-state index < -0.39 is 0 Å². The molecule has 2 heterocycles. The Morgan fingerprint density at radius 2 is 1.90 bits per heavy atom. The predicted octanol–water partition coefficient (Wildman–Crippen LogP) is 4.61. The molecule has 3 aromatic rings. The van der Waals surface area contributed by atoms with Gasteiger partial charge in [0.15, 0.2) is 0 Å². The van der Waals surface area contributed by atoms with Crippen LogP contribution >= 0.6 is 23.2 Å². The molecule has 0 bridgehead atoms. The van der Waals surface area contributed by atoms with E-state index in [0.29, 0.717) is 27.0 Å². The second kappa shape index (κ2) is 5.27. The minimum absolute atomic E-state index is 0.449. The van der Waals surface area contributed by atoms with Crippen molar-refractivity contribution in [2.45, 2.75) is 0 Å². The van der Waals surface area contributed by atoms with Gasteiger partial charge in [-0.15, -0.1) is 0 Å². The lowest BCUT2D eigenvalue weighted by atomic mass is 10.1. The molecule has 0 unspecified atom stereocenters. The van der Waals surface area contributed by atoms with Crippen molar-refractivity contribution in [2.24, 2.45) is 0 Å². The Balaban J connectivity index is 2.30. The molecule has 0 spiro atoms. The number of aromatic nitrogens is 2. The first-order valence-corrected chi connectivity index (χ1v) is 6.70. The Morgan fingerprint density at radius 3 is 2.60 bits per heavy atom. The van der Waals surface area contributed by atoms with Gasteiger partial charge < -0.3 is 4.74 Å². The van der Waals surface area contributed by atoms with Crippen LogP contribution in [0.1, 0.15) is 0 Å². The lowest BCUT2D eigenvalue weighted by Crippen LogP contribution is -1.92. The zero-order chi connectivity index (χ0) is 14.1. The molecule has 0 N–H and O–H groups in total. The van der Waals surface area contributed by atoms with Gasteiger partial charge in [0.1, 0.15) is 10.8 Å². The lowest BCUT2D eigenvalue weighted by molar-refractivity contribution is 0.415. The highest BCUT2D eigenvalue weighted by Crippen LogP contribution is 2.36. The molecule has 1 aromatic carbocycles. The predicted molar refractivity (Wildman–Crippen MR) is 81.5 cm³/mol. The molecule has 100 valence electrons. The number of rotatable bonds is 2. The van der Waals surface area contributed by atoms with Crippen LogP contribution in [-0.4, -0.2) is 17.1 Å². The van der Waals surface area contributed by atoms with Crippen LogP contribution in [-0.2, 0) is 0 Å². The molecule has 0 saturated carbocycles. The number of hydrogen-bond acceptors (Lipinski definition) is 3. The molecule has 5 heteroatoms. The average Bonchev–Trinajstić information content (AvgIpc) is 2.49. The first kappa shape index (κ1) is 13.2. The first-order chi connectivity index (χ1) is 9.70. The van der Waals surface area contributed by atoms with Crippen LogP contribution in [0.15, 0.2) is 42.6 Å². The number of fused-ring (bicyclic) bond motifs is 1. The van der Waals surface area contributed by atoms with Gasteiger partial charge in [-0.05, 0) is 30.3 Å². The van der Waals surface area contributed by atoms with Gasteiger partial charge in [0.05, 0.1) is 29.0 Å². The fourth-order valence-corrected chi connectivity index (χ4v) is 2.54. The average molecular weight is 305 g/mol. The number of benzene rings is 1. The summed E-state index contributed by atoms with van der Waals surface area (Å²) >= 11 is 12.6. The van der Waals surface area contributed by atoms with Crippen molar-refractivity contribution in [3.8, 4) is 17.1 Å². The summed E-state index contributed by atoms with van der Waals surface area (Å²) in [5.41, 5.74) is 2.03. The largest absolute Gasteiger partial charge is 0.495 e. The number of halogens is 2. The van der Waals surface area contributed by atoms with Gasteiger partial charge in [-0.25, -0.2) is 4.98 Å². The van der Waals surface area contributed by atoms with Crippen LogP contribution < -0.4 is 4.74 Å². The van der Waals surface area contributed by atoms with Gasteiger partial charge in [0, 0.05) is 11.6 Å².